The van der Waals surface area contributed by atoms with E-state index in [2.05, 4.69) is 9.88 Å². The molecule has 5 rings (SSSR count). The van der Waals surface area contributed by atoms with Crippen molar-refractivity contribution in [2.75, 3.05) is 26.0 Å². The molecule has 0 spiro atoms. The van der Waals surface area contributed by atoms with Gasteiger partial charge in [0.05, 0.1) is 30.3 Å². The van der Waals surface area contributed by atoms with Crippen molar-refractivity contribution < 1.29 is 23.8 Å². The third-order valence-electron chi connectivity index (χ3n) is 8.04. The molecular formula is C29H34N3O6S+. The molecule has 3 aromatic rings. The number of carbonyl (C=O) groups excluding carboxylic acids is 1. The van der Waals surface area contributed by atoms with Crippen molar-refractivity contribution in [3.8, 4) is 17.3 Å². The zero-order chi connectivity index (χ0) is 27.9. The first-order valence-corrected chi connectivity index (χ1v) is 14.5. The Kier molecular flexibility index (Phi) is 7.43. The van der Waals surface area contributed by atoms with Gasteiger partial charge in [-0.2, -0.15) is 0 Å². The molecule has 3 unspecified atom stereocenters. The maximum absolute atomic E-state index is 14.3. The summed E-state index contributed by atoms with van der Waals surface area (Å²) in [4.78, 5) is 47.7. The average Bonchev–Trinajstić information content (AvgIpc) is 3.56. The van der Waals surface area contributed by atoms with E-state index < -0.39 is 33.8 Å². The van der Waals surface area contributed by atoms with Crippen LogP contribution in [0.5, 0.6) is 5.75 Å². The summed E-state index contributed by atoms with van der Waals surface area (Å²) in [5.74, 6) is -0.739. The monoisotopic (exact) mass is 552 g/mol. The lowest BCUT2D eigenvalue weighted by Crippen LogP contribution is -2.40. The molecule has 0 saturated carbocycles. The molecule has 1 N–H and O–H groups in total. The number of likely N-dealkylation sites (tertiary alicyclic amines) is 1. The number of hydrogen-bond acceptors (Lipinski definition) is 7. The van der Waals surface area contributed by atoms with E-state index >= 15 is 0 Å². The van der Waals surface area contributed by atoms with Crippen molar-refractivity contribution in [3.05, 3.63) is 64.3 Å². The minimum absolute atomic E-state index is 0.137. The molecule has 206 valence electrons. The molecule has 9 nitrogen and oxygen atoms in total. The van der Waals surface area contributed by atoms with Gasteiger partial charge in [-0.05, 0) is 45.8 Å². The molecule has 0 bridgehead atoms. The predicted molar refractivity (Wildman–Crippen MR) is 148 cm³/mol. The van der Waals surface area contributed by atoms with Crippen molar-refractivity contribution in [2.45, 2.75) is 50.0 Å². The van der Waals surface area contributed by atoms with Crippen LogP contribution in [-0.2, 0) is 27.5 Å². The fraction of sp³-hybridized carbons (Fsp3) is 0.448. The second kappa shape index (κ2) is 10.7. The van der Waals surface area contributed by atoms with Gasteiger partial charge in [0, 0.05) is 18.7 Å². The normalized spacial score (nSPS) is 20.6. The number of nitrogens with zero attached hydrogens (tertiary/aromatic N) is 3. The summed E-state index contributed by atoms with van der Waals surface area (Å²) >= 11 is 0. The molecular weight excluding hydrogens is 518 g/mol. The summed E-state index contributed by atoms with van der Waals surface area (Å²) in [5, 5.41) is 9.91. The molecule has 39 heavy (non-hydrogen) atoms. The van der Waals surface area contributed by atoms with Gasteiger partial charge in [-0.15, -0.1) is 0 Å². The van der Waals surface area contributed by atoms with E-state index in [1.165, 1.54) is 30.9 Å². The topological polar surface area (TPSA) is 115 Å². The lowest BCUT2D eigenvalue weighted by molar-refractivity contribution is -0.149. The number of pyridine rings is 1. The highest BCUT2D eigenvalue weighted by Crippen LogP contribution is 2.48. The van der Waals surface area contributed by atoms with Crippen LogP contribution < -0.4 is 10.3 Å². The Morgan fingerprint density at radius 3 is 2.59 bits per heavy atom. The summed E-state index contributed by atoms with van der Waals surface area (Å²) in [6.07, 6.45) is 6.22. The number of ether oxygens (including phenoxy) is 1. The number of oxazole rings is 1. The third-order valence-corrected chi connectivity index (χ3v) is 10.3. The van der Waals surface area contributed by atoms with Crippen LogP contribution in [0.2, 0.25) is 0 Å². The highest BCUT2D eigenvalue weighted by atomic mass is 32.2. The van der Waals surface area contributed by atoms with E-state index in [0.29, 0.717) is 16.3 Å². The number of aliphatic carboxylic acids is 1. The van der Waals surface area contributed by atoms with Crippen molar-refractivity contribution in [1.29, 1.82) is 0 Å². The summed E-state index contributed by atoms with van der Waals surface area (Å²) < 4.78 is 12.6. The second-order valence-electron chi connectivity index (χ2n) is 10.7. The number of carboxylic acids is 1. The smallest absolute Gasteiger partial charge is 0.345 e. The fourth-order valence-electron chi connectivity index (χ4n) is 5.76. The molecule has 0 amide bonds. The van der Waals surface area contributed by atoms with E-state index in [0.717, 1.165) is 43.7 Å². The van der Waals surface area contributed by atoms with Gasteiger partial charge in [0.15, 0.2) is 4.90 Å². The quantitative estimate of drug-likeness (QED) is 0.417. The van der Waals surface area contributed by atoms with E-state index in [-0.39, 0.29) is 22.6 Å². The molecule has 1 saturated heterocycles. The SMILES string of the molecule is COc1ccccc1C(C[S+]1C(=O)C(C(C)(C)C(=O)O)c2c1cc(-c1ncco1)n(C)c2=O)N1CCCCC1. The summed E-state index contributed by atoms with van der Waals surface area (Å²) in [7, 11) is 2.18. The van der Waals surface area contributed by atoms with Crippen LogP contribution >= 0.6 is 0 Å². The molecule has 0 aliphatic carbocycles. The van der Waals surface area contributed by atoms with Gasteiger partial charge in [-0.3, -0.25) is 14.5 Å². The van der Waals surface area contributed by atoms with Crippen molar-refractivity contribution in [1.82, 2.24) is 14.5 Å². The largest absolute Gasteiger partial charge is 0.496 e. The number of carboxylic acid groups (broad SMARTS) is 1. The fourth-order valence-corrected chi connectivity index (χ4v) is 8.45. The lowest BCUT2D eigenvalue weighted by Gasteiger charge is -2.34. The third kappa shape index (κ3) is 4.69. The molecule has 2 aromatic heterocycles. The van der Waals surface area contributed by atoms with E-state index in [1.54, 1.807) is 20.2 Å². The first-order chi connectivity index (χ1) is 18.7. The molecule has 3 atom stereocenters. The maximum Gasteiger partial charge on any atom is 0.345 e. The Bertz CT molecular complexity index is 1440. The lowest BCUT2D eigenvalue weighted by atomic mass is 9.76. The second-order valence-corrected chi connectivity index (χ2v) is 12.7. The Morgan fingerprint density at radius 2 is 1.95 bits per heavy atom. The minimum Gasteiger partial charge on any atom is -0.496 e. The number of hydrogen-bond donors (Lipinski definition) is 1. The number of rotatable bonds is 8. The molecule has 10 heteroatoms. The van der Waals surface area contributed by atoms with E-state index in [1.807, 2.05) is 24.3 Å². The molecule has 1 fully saturated rings. The first-order valence-electron chi connectivity index (χ1n) is 13.2. The van der Waals surface area contributed by atoms with Crippen LogP contribution in [0.1, 0.15) is 56.2 Å². The molecule has 4 heterocycles. The minimum atomic E-state index is -1.46. The van der Waals surface area contributed by atoms with Gasteiger partial charge in [0.25, 0.3) is 5.56 Å². The number of aromatic nitrogens is 2. The van der Waals surface area contributed by atoms with Crippen LogP contribution in [0.15, 0.2) is 56.9 Å². The van der Waals surface area contributed by atoms with Gasteiger partial charge >= 0.3 is 11.1 Å². The Morgan fingerprint density at radius 1 is 1.23 bits per heavy atom. The van der Waals surface area contributed by atoms with E-state index in [9.17, 15) is 19.5 Å². The van der Waals surface area contributed by atoms with Crippen LogP contribution in [0.4, 0.5) is 0 Å². The van der Waals surface area contributed by atoms with Gasteiger partial charge < -0.3 is 18.8 Å². The molecule has 2 aliphatic rings. The highest BCUT2D eigenvalue weighted by Gasteiger charge is 2.60. The van der Waals surface area contributed by atoms with E-state index in [4.69, 9.17) is 9.15 Å². The zero-order valence-corrected chi connectivity index (χ0v) is 23.5. The standard InChI is InChI=1S/C29H33N3O6S/c1-29(2,28(35)36)24-23-22(16-19(31(3)26(23)33)25-30-12-15-38-25)39(27(24)34)17-20(32-13-8-5-9-14-32)18-10-6-7-11-21(18)37-4/h6-7,10-12,15-16,20,24H,5,8-9,13-14,17H2,1-4H3/p+1. The van der Waals surface area contributed by atoms with Gasteiger partial charge in [0.2, 0.25) is 5.89 Å². The highest BCUT2D eigenvalue weighted by molar-refractivity contribution is 8.11. The Hall–Kier alpha value is -3.37. The maximum atomic E-state index is 14.3. The van der Waals surface area contributed by atoms with Crippen LogP contribution in [0.3, 0.4) is 0 Å². The number of methoxy groups -OCH3 is 1. The zero-order valence-electron chi connectivity index (χ0n) is 22.7. The first kappa shape index (κ1) is 27.2. The Labute approximate surface area is 230 Å². The number of benzene rings is 1. The van der Waals surface area contributed by atoms with Crippen molar-refractivity contribution in [3.63, 3.8) is 0 Å². The number of carbonyl (C=O) groups is 2. The van der Waals surface area contributed by atoms with Crippen LogP contribution in [-0.4, -0.2) is 56.6 Å². The summed E-state index contributed by atoms with van der Waals surface area (Å²) in [6, 6.07) is 9.51. The average molecular weight is 553 g/mol. The van der Waals surface area contributed by atoms with Crippen molar-refractivity contribution in [2.24, 2.45) is 12.5 Å². The summed E-state index contributed by atoms with van der Waals surface area (Å²) in [5.41, 5.74) is -0.146. The molecule has 1 aromatic carbocycles. The predicted octanol–water partition coefficient (Wildman–Crippen LogP) is 3.99. The van der Waals surface area contributed by atoms with Crippen LogP contribution in [0.25, 0.3) is 11.6 Å². The summed E-state index contributed by atoms with van der Waals surface area (Å²) in [6.45, 7) is 4.84. The number of piperidine rings is 1. The van der Waals surface area contributed by atoms with Gasteiger partial charge in [-0.25, -0.2) is 9.78 Å². The molecule has 0 radical (unpaired) electrons. The van der Waals surface area contributed by atoms with Gasteiger partial charge in [-0.1, -0.05) is 24.6 Å². The number of para-hydroxylation sites is 1. The van der Waals surface area contributed by atoms with Crippen molar-refractivity contribution >= 4 is 22.0 Å². The Balaban J connectivity index is 1.69. The molecule has 2 aliphatic heterocycles. The van der Waals surface area contributed by atoms with Crippen LogP contribution in [0, 0.1) is 5.41 Å². The van der Waals surface area contributed by atoms with Gasteiger partial charge in [0.1, 0.15) is 40.3 Å². The number of fused-ring (bicyclic) bond motifs is 1.